The predicted octanol–water partition coefficient (Wildman–Crippen LogP) is 3.30. The molecule has 0 saturated heterocycles. The molecule has 1 aliphatic heterocycles. The quantitative estimate of drug-likeness (QED) is 0.748. The van der Waals surface area contributed by atoms with Crippen LogP contribution < -0.4 is 0 Å². The maximum Gasteiger partial charge on any atom is 0.100 e. The van der Waals surface area contributed by atoms with Crippen LogP contribution in [0.4, 0.5) is 0 Å². The number of hydrogen-bond acceptors (Lipinski definition) is 2. The van der Waals surface area contributed by atoms with Gasteiger partial charge in [-0.3, -0.25) is 4.98 Å². The first-order valence-electron chi connectivity index (χ1n) is 8.15. The Kier molecular flexibility index (Phi) is 4.84. The zero-order chi connectivity index (χ0) is 17.2. The molecule has 0 bridgehead atoms. The molecule has 3 nitrogen and oxygen atoms in total. The molecule has 3 rings (SSSR count). The lowest BCUT2D eigenvalue weighted by molar-refractivity contribution is 0.405. The smallest absolute Gasteiger partial charge is 0.100 e. The summed E-state index contributed by atoms with van der Waals surface area (Å²) in [6.07, 6.45) is 2.68. The summed E-state index contributed by atoms with van der Waals surface area (Å²) in [4.78, 5) is 4.56. The normalized spacial score (nSPS) is 16.0. The highest BCUT2D eigenvalue weighted by Crippen LogP contribution is 2.24. The lowest BCUT2D eigenvalue weighted by atomic mass is 10.1. The Morgan fingerprint density at radius 1 is 1.12 bits per heavy atom. The molecule has 1 atom stereocenters. The summed E-state index contributed by atoms with van der Waals surface area (Å²) in [6.45, 7) is 7.50. The molecular weight excluding hydrogens is 316 g/mol. The molecule has 1 aromatic heterocycles. The molecular formula is C20H22N2OS. The number of benzene rings is 1. The second-order valence-electron chi connectivity index (χ2n) is 6.92. The molecule has 0 saturated carbocycles. The Balaban J connectivity index is 1.82. The lowest BCUT2D eigenvalue weighted by Crippen LogP contribution is -2.40. The third kappa shape index (κ3) is 3.92. The maximum absolute atomic E-state index is 12.6. The second-order valence-corrected chi connectivity index (χ2v) is 9.16. The molecule has 124 valence electrons. The summed E-state index contributed by atoms with van der Waals surface area (Å²) < 4.78 is 14.4. The topological polar surface area (TPSA) is 33.2 Å². The Morgan fingerprint density at radius 2 is 1.83 bits per heavy atom. The minimum Gasteiger partial charge on any atom is -0.260 e. The van der Waals surface area contributed by atoms with Gasteiger partial charge in [0.1, 0.15) is 11.0 Å². The molecule has 4 heteroatoms. The van der Waals surface area contributed by atoms with E-state index in [0.29, 0.717) is 6.54 Å². The fourth-order valence-corrected chi connectivity index (χ4v) is 3.95. The van der Waals surface area contributed by atoms with Crippen LogP contribution in [0.25, 0.3) is 0 Å². The first-order chi connectivity index (χ1) is 11.4. The van der Waals surface area contributed by atoms with E-state index in [1.54, 1.807) is 0 Å². The Morgan fingerprint density at radius 3 is 2.54 bits per heavy atom. The van der Waals surface area contributed by atoms with Gasteiger partial charge in [-0.25, -0.2) is 8.51 Å². The molecule has 1 aromatic carbocycles. The van der Waals surface area contributed by atoms with Crippen molar-refractivity contribution >= 4 is 11.0 Å². The summed E-state index contributed by atoms with van der Waals surface area (Å²) in [5.41, 5.74) is 4.13. The first-order valence-corrected chi connectivity index (χ1v) is 9.26. The van der Waals surface area contributed by atoms with E-state index in [1.807, 2.05) is 61.6 Å². The van der Waals surface area contributed by atoms with E-state index in [1.165, 1.54) is 0 Å². The molecule has 1 aliphatic rings. The van der Waals surface area contributed by atoms with Crippen molar-refractivity contribution in [1.29, 1.82) is 0 Å². The van der Waals surface area contributed by atoms with Gasteiger partial charge in [-0.15, -0.1) is 0 Å². The SMILES string of the molecule is CC(C)(C)S(=O)N1CCc2ncc(C#Cc3ccccc3)cc2C1. The minimum absolute atomic E-state index is 0.240. The molecule has 0 fully saturated rings. The van der Waals surface area contributed by atoms with Crippen molar-refractivity contribution < 1.29 is 4.21 Å². The van der Waals surface area contributed by atoms with Crippen LogP contribution in [0.15, 0.2) is 42.6 Å². The number of pyridine rings is 1. The van der Waals surface area contributed by atoms with E-state index in [9.17, 15) is 4.21 Å². The molecule has 2 heterocycles. The average Bonchev–Trinajstić information content (AvgIpc) is 2.58. The number of fused-ring (bicyclic) bond motifs is 1. The average molecular weight is 338 g/mol. The highest BCUT2D eigenvalue weighted by atomic mass is 32.2. The third-order valence-electron chi connectivity index (χ3n) is 3.89. The van der Waals surface area contributed by atoms with Gasteiger partial charge in [0.25, 0.3) is 0 Å². The third-order valence-corrected chi connectivity index (χ3v) is 5.72. The molecule has 0 amide bonds. The van der Waals surface area contributed by atoms with Crippen molar-refractivity contribution in [3.63, 3.8) is 0 Å². The minimum atomic E-state index is -1.00. The van der Waals surface area contributed by atoms with E-state index in [2.05, 4.69) is 22.9 Å². The van der Waals surface area contributed by atoms with Crippen LogP contribution in [0.2, 0.25) is 0 Å². The van der Waals surface area contributed by atoms with Gasteiger partial charge in [0.05, 0.1) is 4.75 Å². The summed E-state index contributed by atoms with van der Waals surface area (Å²) in [6, 6.07) is 12.0. The van der Waals surface area contributed by atoms with Crippen molar-refractivity contribution in [2.45, 2.75) is 38.5 Å². The van der Waals surface area contributed by atoms with E-state index in [4.69, 9.17) is 0 Å². The van der Waals surface area contributed by atoms with Gasteiger partial charge in [-0.2, -0.15) is 0 Å². The fourth-order valence-electron chi connectivity index (χ4n) is 2.66. The van der Waals surface area contributed by atoms with Crippen molar-refractivity contribution in [1.82, 2.24) is 9.29 Å². The van der Waals surface area contributed by atoms with Gasteiger partial charge in [0.2, 0.25) is 0 Å². The summed E-state index contributed by atoms with van der Waals surface area (Å²) in [7, 11) is -1.00. The molecule has 24 heavy (non-hydrogen) atoms. The van der Waals surface area contributed by atoms with Crippen LogP contribution >= 0.6 is 0 Å². The van der Waals surface area contributed by atoms with Gasteiger partial charge in [-0.1, -0.05) is 30.0 Å². The summed E-state index contributed by atoms with van der Waals surface area (Å²) in [5, 5.41) is 0. The van der Waals surface area contributed by atoms with Crippen molar-refractivity contribution in [3.8, 4) is 11.8 Å². The van der Waals surface area contributed by atoms with Crippen LogP contribution in [0.5, 0.6) is 0 Å². The molecule has 0 spiro atoms. The van der Waals surface area contributed by atoms with Crippen LogP contribution in [-0.4, -0.2) is 24.8 Å². The zero-order valence-corrected chi connectivity index (χ0v) is 15.2. The van der Waals surface area contributed by atoms with E-state index in [0.717, 1.165) is 35.3 Å². The largest absolute Gasteiger partial charge is 0.260 e. The highest BCUT2D eigenvalue weighted by molar-refractivity contribution is 7.84. The van der Waals surface area contributed by atoms with Crippen LogP contribution in [0, 0.1) is 11.8 Å². The predicted molar refractivity (Wildman–Crippen MR) is 98.7 cm³/mol. The molecule has 2 aromatic rings. The number of aromatic nitrogens is 1. The van der Waals surface area contributed by atoms with Crippen molar-refractivity contribution in [2.24, 2.45) is 0 Å². The standard InChI is InChI=1S/C20H22N2OS/c1-20(2,3)24(23)22-12-11-19-18(15-22)13-17(14-21-19)10-9-16-7-5-4-6-8-16/h4-8,13-14H,11-12,15H2,1-3H3. The lowest BCUT2D eigenvalue weighted by Gasteiger charge is -2.32. The van der Waals surface area contributed by atoms with Gasteiger partial charge >= 0.3 is 0 Å². The first kappa shape index (κ1) is 16.9. The Bertz CT molecular complexity index is 813. The maximum atomic E-state index is 12.6. The Hall–Kier alpha value is -1.96. The van der Waals surface area contributed by atoms with Gasteiger partial charge in [-0.05, 0) is 44.5 Å². The summed E-state index contributed by atoms with van der Waals surface area (Å²) >= 11 is 0. The molecule has 0 N–H and O–H groups in total. The van der Waals surface area contributed by atoms with E-state index in [-0.39, 0.29) is 4.75 Å². The Labute approximate surface area is 146 Å². The van der Waals surface area contributed by atoms with E-state index < -0.39 is 11.0 Å². The zero-order valence-electron chi connectivity index (χ0n) is 14.4. The number of nitrogens with zero attached hydrogens (tertiary/aromatic N) is 2. The van der Waals surface area contributed by atoms with E-state index >= 15 is 0 Å². The fraction of sp³-hybridized carbons (Fsp3) is 0.350. The molecule has 0 radical (unpaired) electrons. The van der Waals surface area contributed by atoms with Crippen LogP contribution in [0.1, 0.15) is 43.2 Å². The van der Waals surface area contributed by atoms with Gasteiger partial charge in [0.15, 0.2) is 0 Å². The van der Waals surface area contributed by atoms with Crippen molar-refractivity contribution in [3.05, 3.63) is 65.0 Å². The van der Waals surface area contributed by atoms with Crippen LogP contribution in [0.3, 0.4) is 0 Å². The van der Waals surface area contributed by atoms with Crippen molar-refractivity contribution in [2.75, 3.05) is 6.54 Å². The number of rotatable bonds is 1. The monoisotopic (exact) mass is 338 g/mol. The van der Waals surface area contributed by atoms with Crippen LogP contribution in [-0.2, 0) is 24.0 Å². The molecule has 1 unspecified atom stereocenters. The second kappa shape index (κ2) is 6.88. The number of hydrogen-bond donors (Lipinski definition) is 0. The highest BCUT2D eigenvalue weighted by Gasteiger charge is 2.29. The van der Waals surface area contributed by atoms with Gasteiger partial charge in [0, 0.05) is 42.5 Å². The molecule has 0 aliphatic carbocycles. The summed E-state index contributed by atoms with van der Waals surface area (Å²) in [5.74, 6) is 6.34. The van der Waals surface area contributed by atoms with Gasteiger partial charge < -0.3 is 0 Å².